The first-order chi connectivity index (χ1) is 16.2. The quantitative estimate of drug-likeness (QED) is 0.254. The van der Waals surface area contributed by atoms with Crippen molar-refractivity contribution in [3.05, 3.63) is 54.1 Å². The third-order valence-corrected chi connectivity index (χ3v) is 5.44. The van der Waals surface area contributed by atoms with Gasteiger partial charge in [0.1, 0.15) is 6.67 Å². The number of carbonyl (C=O) groups excluding carboxylic acids is 1. The average Bonchev–Trinajstić information content (AvgIpc) is 2.79. The third-order valence-electron chi connectivity index (χ3n) is 4.44. The van der Waals surface area contributed by atoms with E-state index < -0.39 is 16.8 Å². The maximum Gasteiger partial charge on any atom is 0.294 e. The van der Waals surface area contributed by atoms with Gasteiger partial charge in [0.05, 0.1) is 4.90 Å². The molecule has 0 radical (unpaired) electrons. The number of para-hydroxylation sites is 1. The Kier molecular flexibility index (Phi) is 8.27. The number of hydrogen-bond donors (Lipinski definition) is 5. The van der Waals surface area contributed by atoms with Crippen LogP contribution in [0.5, 0.6) is 0 Å². The SMILES string of the molecule is Cc1ccc(Nc2nc(NCCC(=O)NCC[18F])nc(Nc3ccccc3)n2)cc1S(=O)(=O)O. The number of rotatable bonds is 11. The molecular formula is C21H24FN7O4S. The number of hydrogen-bond acceptors (Lipinski definition) is 9. The van der Waals surface area contributed by atoms with Crippen molar-refractivity contribution in [2.24, 2.45) is 0 Å². The fraction of sp³-hybridized carbons (Fsp3) is 0.238. The molecule has 1 heterocycles. The van der Waals surface area contributed by atoms with E-state index in [4.69, 9.17) is 0 Å². The first-order valence-electron chi connectivity index (χ1n) is 10.2. The first-order valence-corrected chi connectivity index (χ1v) is 11.7. The zero-order valence-corrected chi connectivity index (χ0v) is 19.1. The van der Waals surface area contributed by atoms with Gasteiger partial charge in [-0.2, -0.15) is 23.4 Å². The summed E-state index contributed by atoms with van der Waals surface area (Å²) in [5.74, 6) is 0.104. The summed E-state index contributed by atoms with van der Waals surface area (Å²) in [6, 6.07) is 13.6. The zero-order chi connectivity index (χ0) is 24.6. The van der Waals surface area contributed by atoms with Crippen molar-refractivity contribution in [3.63, 3.8) is 0 Å². The molecule has 3 aromatic rings. The Hall–Kier alpha value is -3.84. The molecule has 0 aliphatic rings. The average molecular weight is 489 g/mol. The normalized spacial score (nSPS) is 11.0. The molecule has 180 valence electrons. The van der Waals surface area contributed by atoms with Crippen molar-refractivity contribution < 1.29 is 22.2 Å². The second-order valence-electron chi connectivity index (χ2n) is 7.09. The van der Waals surface area contributed by atoms with Crippen LogP contribution in [-0.2, 0) is 14.9 Å². The van der Waals surface area contributed by atoms with E-state index >= 15 is 0 Å². The Bertz CT molecular complexity index is 1240. The lowest BCUT2D eigenvalue weighted by Crippen LogP contribution is -2.27. The molecule has 2 aromatic carbocycles. The summed E-state index contributed by atoms with van der Waals surface area (Å²) in [6.07, 6.45) is 0.0750. The van der Waals surface area contributed by atoms with Gasteiger partial charge in [-0.05, 0) is 36.8 Å². The minimum absolute atomic E-state index is 0.0497. The van der Waals surface area contributed by atoms with Crippen LogP contribution < -0.4 is 21.3 Å². The van der Waals surface area contributed by atoms with Gasteiger partial charge in [0.15, 0.2) is 0 Å². The van der Waals surface area contributed by atoms with Gasteiger partial charge in [0.2, 0.25) is 23.8 Å². The molecule has 0 atom stereocenters. The van der Waals surface area contributed by atoms with Crippen molar-refractivity contribution >= 4 is 45.2 Å². The highest BCUT2D eigenvalue weighted by Crippen LogP contribution is 2.23. The maximum absolute atomic E-state index is 12.2. The standard InChI is InChI=1S/C21H24FN7O4S/c1-14-7-8-16(13-17(14)34(31,32)33)26-21-28-19(24-11-9-18(30)23-12-10-22)27-20(29-21)25-15-5-3-2-4-6-15/h2-8,13H,9-12H2,1H3,(H,23,30)(H,31,32,33)(H3,24,25,26,27,28,29)/i22-1. The lowest BCUT2D eigenvalue weighted by atomic mass is 10.2. The van der Waals surface area contributed by atoms with Crippen molar-refractivity contribution in [2.45, 2.75) is 18.2 Å². The van der Waals surface area contributed by atoms with Crippen LogP contribution in [0, 0.1) is 6.92 Å². The predicted molar refractivity (Wildman–Crippen MR) is 126 cm³/mol. The molecule has 0 saturated carbocycles. The molecule has 3 rings (SSSR count). The molecule has 0 bridgehead atoms. The van der Waals surface area contributed by atoms with Crippen molar-refractivity contribution in [1.82, 2.24) is 20.3 Å². The summed E-state index contributed by atoms with van der Waals surface area (Å²) in [4.78, 5) is 24.3. The summed E-state index contributed by atoms with van der Waals surface area (Å²) >= 11 is 0. The molecule has 0 aliphatic heterocycles. The molecule has 13 heteroatoms. The topological polar surface area (TPSA) is 158 Å². The summed E-state index contributed by atoms with van der Waals surface area (Å²) in [7, 11) is -4.41. The van der Waals surface area contributed by atoms with Crippen molar-refractivity contribution in [3.8, 4) is 0 Å². The van der Waals surface area contributed by atoms with Crippen LogP contribution in [0.4, 0.5) is 33.6 Å². The van der Waals surface area contributed by atoms with Crippen molar-refractivity contribution in [1.29, 1.82) is 0 Å². The van der Waals surface area contributed by atoms with E-state index in [1.165, 1.54) is 12.1 Å². The molecule has 34 heavy (non-hydrogen) atoms. The number of aryl methyl sites for hydroxylation is 1. The van der Waals surface area contributed by atoms with Gasteiger partial charge in [-0.25, -0.2) is 4.39 Å². The minimum Gasteiger partial charge on any atom is -0.354 e. The summed E-state index contributed by atoms with van der Waals surface area (Å²) in [5.41, 5.74) is 1.43. The Morgan fingerprint density at radius 2 is 1.59 bits per heavy atom. The van der Waals surface area contributed by atoms with Gasteiger partial charge in [0, 0.05) is 30.9 Å². The second kappa shape index (κ2) is 11.3. The highest BCUT2D eigenvalue weighted by Gasteiger charge is 2.15. The molecule has 11 nitrogen and oxygen atoms in total. The van der Waals surface area contributed by atoms with Crippen LogP contribution in [0.2, 0.25) is 0 Å². The van der Waals surface area contributed by atoms with Crippen LogP contribution in [0.3, 0.4) is 0 Å². The largest absolute Gasteiger partial charge is 0.354 e. The van der Waals surface area contributed by atoms with E-state index in [1.54, 1.807) is 13.0 Å². The molecule has 0 unspecified atom stereocenters. The summed E-state index contributed by atoms with van der Waals surface area (Å²) in [5, 5.41) is 11.3. The van der Waals surface area contributed by atoms with Gasteiger partial charge >= 0.3 is 0 Å². The zero-order valence-electron chi connectivity index (χ0n) is 18.2. The number of nitrogens with zero attached hydrogens (tertiary/aromatic N) is 3. The third kappa shape index (κ3) is 7.35. The van der Waals surface area contributed by atoms with E-state index in [2.05, 4.69) is 36.2 Å². The van der Waals surface area contributed by atoms with E-state index in [9.17, 15) is 22.2 Å². The van der Waals surface area contributed by atoms with Crippen LogP contribution >= 0.6 is 0 Å². The van der Waals surface area contributed by atoms with Gasteiger partial charge in [-0.15, -0.1) is 0 Å². The van der Waals surface area contributed by atoms with E-state index in [-0.39, 0.29) is 48.2 Å². The predicted octanol–water partition coefficient (Wildman–Crippen LogP) is 2.80. The number of carbonyl (C=O) groups is 1. The number of aromatic nitrogens is 3. The fourth-order valence-corrected chi connectivity index (χ4v) is 3.62. The van der Waals surface area contributed by atoms with Gasteiger partial charge in [-0.3, -0.25) is 9.35 Å². The summed E-state index contributed by atoms with van der Waals surface area (Å²) in [6.45, 7) is 1.05. The van der Waals surface area contributed by atoms with E-state index in [1.807, 2.05) is 30.3 Å². The Morgan fingerprint density at radius 3 is 2.24 bits per heavy atom. The molecule has 0 aliphatic carbocycles. The molecule has 0 fully saturated rings. The molecule has 0 spiro atoms. The molecular weight excluding hydrogens is 464 g/mol. The number of anilines is 5. The van der Waals surface area contributed by atoms with Gasteiger partial charge < -0.3 is 21.3 Å². The Morgan fingerprint density at radius 1 is 0.941 bits per heavy atom. The molecule has 1 aromatic heterocycles. The number of halogens is 1. The van der Waals surface area contributed by atoms with Crippen LogP contribution in [0.1, 0.15) is 12.0 Å². The highest BCUT2D eigenvalue weighted by molar-refractivity contribution is 7.85. The number of alkyl halides is 1. The fourth-order valence-electron chi connectivity index (χ4n) is 2.87. The molecule has 0 saturated heterocycles. The van der Waals surface area contributed by atoms with E-state index in [0.29, 0.717) is 11.3 Å². The van der Waals surface area contributed by atoms with Crippen LogP contribution in [0.25, 0.3) is 0 Å². The lowest BCUT2D eigenvalue weighted by molar-refractivity contribution is -0.120. The second-order valence-corrected chi connectivity index (χ2v) is 8.48. The molecule has 5 N–H and O–H groups in total. The highest BCUT2D eigenvalue weighted by atomic mass is 32.2. The first kappa shape index (κ1) is 24.8. The smallest absolute Gasteiger partial charge is 0.294 e. The summed E-state index contributed by atoms with van der Waals surface area (Å²) < 4.78 is 44.9. The number of amides is 1. The maximum atomic E-state index is 12.2. The van der Waals surface area contributed by atoms with Crippen molar-refractivity contribution in [2.75, 3.05) is 35.7 Å². The van der Waals surface area contributed by atoms with E-state index in [0.717, 1.165) is 5.69 Å². The molecule has 1 amide bonds. The Balaban J connectivity index is 1.83. The van der Waals surface area contributed by atoms with Crippen LogP contribution in [-0.4, -0.2) is 53.6 Å². The lowest BCUT2D eigenvalue weighted by Gasteiger charge is -2.12. The Labute approximate surface area is 196 Å². The minimum atomic E-state index is -4.41. The monoisotopic (exact) mass is 488 g/mol. The number of nitrogens with one attached hydrogen (secondary N) is 4. The van der Waals surface area contributed by atoms with Crippen LogP contribution in [0.15, 0.2) is 53.4 Å². The van der Waals surface area contributed by atoms with Gasteiger partial charge in [-0.1, -0.05) is 24.3 Å². The van der Waals surface area contributed by atoms with Gasteiger partial charge in [0.25, 0.3) is 10.1 Å². The number of benzene rings is 2.